The Hall–Kier alpha value is -9.89. The zero-order valence-corrected chi connectivity index (χ0v) is 39.3. The van der Waals surface area contributed by atoms with E-state index in [4.69, 9.17) is 21.0 Å². The van der Waals surface area contributed by atoms with Crippen LogP contribution in [-0.2, 0) is 5.41 Å². The van der Waals surface area contributed by atoms with Crippen molar-refractivity contribution in [3.8, 4) is 55.8 Å². The van der Waals surface area contributed by atoms with Gasteiger partial charge in [0.2, 0.25) is 5.95 Å². The van der Waals surface area contributed by atoms with Crippen molar-refractivity contribution in [3.63, 3.8) is 0 Å². The molecule has 0 N–H and O–H groups in total. The van der Waals surface area contributed by atoms with Crippen LogP contribution in [0, 0.1) is 6.57 Å². The molecular formula is C68H40N4O. The van der Waals surface area contributed by atoms with Crippen molar-refractivity contribution in [2.45, 2.75) is 5.41 Å². The molecule has 0 atom stereocenters. The Morgan fingerprint density at radius 3 is 1.84 bits per heavy atom. The number of furan rings is 1. The smallest absolute Gasteiger partial charge is 0.235 e. The number of hydrogen-bond acceptors (Lipinski definition) is 4. The first kappa shape index (κ1) is 40.9. The molecule has 5 heteroatoms. The van der Waals surface area contributed by atoms with Gasteiger partial charge in [-0.25, -0.2) is 14.8 Å². The van der Waals surface area contributed by atoms with E-state index in [0.29, 0.717) is 11.6 Å². The molecule has 338 valence electrons. The van der Waals surface area contributed by atoms with Gasteiger partial charge < -0.3 is 4.42 Å². The Bertz CT molecular complexity index is 4420. The first-order valence-corrected chi connectivity index (χ1v) is 24.7. The van der Waals surface area contributed by atoms with E-state index < -0.39 is 5.41 Å². The normalized spacial score (nSPS) is 12.8. The Morgan fingerprint density at radius 2 is 1.04 bits per heavy atom. The molecule has 0 fully saturated rings. The molecule has 11 aromatic carbocycles. The van der Waals surface area contributed by atoms with Crippen molar-refractivity contribution in [2.75, 3.05) is 4.90 Å². The molecule has 15 rings (SSSR count). The van der Waals surface area contributed by atoms with Crippen molar-refractivity contribution in [1.29, 1.82) is 0 Å². The number of fused-ring (bicyclic) bond motifs is 15. The van der Waals surface area contributed by atoms with E-state index in [1.165, 1.54) is 50.1 Å². The molecule has 73 heavy (non-hydrogen) atoms. The van der Waals surface area contributed by atoms with Crippen molar-refractivity contribution in [2.24, 2.45) is 0 Å². The number of para-hydroxylation sites is 1. The first-order valence-electron chi connectivity index (χ1n) is 24.7. The fourth-order valence-corrected chi connectivity index (χ4v) is 12.3. The number of benzene rings is 11. The van der Waals surface area contributed by atoms with Gasteiger partial charge in [-0.05, 0) is 126 Å². The maximum Gasteiger partial charge on any atom is 0.235 e. The molecule has 0 saturated carbocycles. The quantitative estimate of drug-likeness (QED) is 0.156. The molecule has 2 aromatic heterocycles. The summed E-state index contributed by atoms with van der Waals surface area (Å²) >= 11 is 0. The Morgan fingerprint density at radius 1 is 0.411 bits per heavy atom. The highest BCUT2D eigenvalue weighted by Gasteiger charge is 2.52. The zero-order chi connectivity index (χ0) is 48.2. The van der Waals surface area contributed by atoms with Gasteiger partial charge in [0, 0.05) is 33.1 Å². The van der Waals surface area contributed by atoms with Crippen LogP contribution in [-0.4, -0.2) is 9.97 Å². The van der Waals surface area contributed by atoms with Crippen LogP contribution in [0.3, 0.4) is 0 Å². The molecule has 0 amide bonds. The summed E-state index contributed by atoms with van der Waals surface area (Å²) in [7, 11) is 0. The maximum absolute atomic E-state index is 7.68. The molecular weight excluding hydrogens is 889 g/mol. The summed E-state index contributed by atoms with van der Waals surface area (Å²) in [5.74, 6) is 0.537. The van der Waals surface area contributed by atoms with Crippen LogP contribution in [0.4, 0.5) is 23.0 Å². The van der Waals surface area contributed by atoms with Crippen LogP contribution in [0.5, 0.6) is 0 Å². The van der Waals surface area contributed by atoms with E-state index in [9.17, 15) is 0 Å². The molecule has 0 aliphatic heterocycles. The molecule has 2 heterocycles. The van der Waals surface area contributed by atoms with Gasteiger partial charge in [0.05, 0.1) is 23.2 Å². The third-order valence-corrected chi connectivity index (χ3v) is 15.3. The third kappa shape index (κ3) is 5.96. The molecule has 0 radical (unpaired) electrons. The van der Waals surface area contributed by atoms with E-state index in [1.807, 2.05) is 60.7 Å². The lowest BCUT2D eigenvalue weighted by atomic mass is 9.70. The molecule has 1 spiro atoms. The molecule has 0 bridgehead atoms. The average molecular weight is 929 g/mol. The van der Waals surface area contributed by atoms with Gasteiger partial charge in [0.15, 0.2) is 5.69 Å². The van der Waals surface area contributed by atoms with Crippen molar-refractivity contribution >= 4 is 66.6 Å². The van der Waals surface area contributed by atoms with Gasteiger partial charge in [0.1, 0.15) is 11.2 Å². The van der Waals surface area contributed by atoms with E-state index >= 15 is 0 Å². The minimum Gasteiger partial charge on any atom is -0.456 e. The Labute approximate surface area is 421 Å². The topological polar surface area (TPSA) is 46.5 Å². The molecule has 0 unspecified atom stereocenters. The highest BCUT2D eigenvalue weighted by Crippen LogP contribution is 2.64. The van der Waals surface area contributed by atoms with E-state index in [2.05, 4.69) is 192 Å². The van der Waals surface area contributed by atoms with Gasteiger partial charge in [-0.15, -0.1) is 0 Å². The third-order valence-electron chi connectivity index (χ3n) is 15.3. The Balaban J connectivity index is 0.888. The summed E-state index contributed by atoms with van der Waals surface area (Å²) in [4.78, 5) is 16.3. The molecule has 13 aromatic rings. The lowest BCUT2D eigenvalue weighted by Gasteiger charge is -2.30. The van der Waals surface area contributed by atoms with E-state index in [-0.39, 0.29) is 0 Å². The molecule has 5 nitrogen and oxygen atoms in total. The molecule has 2 aliphatic carbocycles. The standard InChI is InChI=1S/C68H40N4O/c1-69-45-33-35-46(36-34-45)72(67-70-61-30-12-8-22-55(61)66(71-67)42-16-3-2-4-17-42)47-37-38-48-43(40-47)18-13-24-50(48)53-25-15-31-63-65(53)56-41-44(32-39-62(56)73-63)49-23-14-29-60-64(49)54-21-7-11-28-59(54)68(60)57-26-9-5-19-51(57)52-20-6-10-27-58(52)68/h2-41H. The Kier molecular flexibility index (Phi) is 8.87. The minimum absolute atomic E-state index is 0.420. The minimum atomic E-state index is -0.420. The van der Waals surface area contributed by atoms with Crippen LogP contribution in [0.15, 0.2) is 247 Å². The van der Waals surface area contributed by atoms with Crippen LogP contribution in [0.25, 0.3) is 104 Å². The summed E-state index contributed by atoms with van der Waals surface area (Å²) in [6.45, 7) is 7.68. The second kappa shape index (κ2) is 15.8. The maximum atomic E-state index is 7.68. The van der Waals surface area contributed by atoms with Gasteiger partial charge in [-0.3, -0.25) is 4.90 Å². The van der Waals surface area contributed by atoms with Gasteiger partial charge in [-0.2, -0.15) is 0 Å². The van der Waals surface area contributed by atoms with E-state index in [0.717, 1.165) is 82.9 Å². The SMILES string of the molecule is [C-]#[N+]c1ccc(N(c2ccc3c(-c4cccc5oc6ccc(-c7cccc8c7-c7ccccc7C87c8ccccc8-c8ccccc87)cc6c45)cccc3c2)c2nc(-c3ccccc3)c3ccccc3n2)cc1. The molecule has 0 saturated heterocycles. The summed E-state index contributed by atoms with van der Waals surface area (Å²) in [5, 5.41) is 5.30. The second-order valence-electron chi connectivity index (χ2n) is 19.0. The van der Waals surface area contributed by atoms with Crippen LogP contribution in [0.1, 0.15) is 22.3 Å². The van der Waals surface area contributed by atoms with Crippen molar-refractivity contribution in [1.82, 2.24) is 9.97 Å². The van der Waals surface area contributed by atoms with Gasteiger partial charge in [0.25, 0.3) is 0 Å². The fraction of sp³-hybridized carbons (Fsp3) is 0.0147. The van der Waals surface area contributed by atoms with Crippen LogP contribution in [0.2, 0.25) is 0 Å². The predicted molar refractivity (Wildman–Crippen MR) is 298 cm³/mol. The zero-order valence-electron chi connectivity index (χ0n) is 39.3. The second-order valence-corrected chi connectivity index (χ2v) is 19.0. The number of hydrogen-bond donors (Lipinski definition) is 0. The van der Waals surface area contributed by atoms with Gasteiger partial charge in [-0.1, -0.05) is 194 Å². The summed E-state index contributed by atoms with van der Waals surface area (Å²) in [5.41, 5.74) is 21.3. The summed E-state index contributed by atoms with van der Waals surface area (Å²) in [6, 6.07) is 86.2. The van der Waals surface area contributed by atoms with E-state index in [1.54, 1.807) is 0 Å². The summed E-state index contributed by atoms with van der Waals surface area (Å²) < 4.78 is 6.72. The first-order chi connectivity index (χ1) is 36.2. The van der Waals surface area contributed by atoms with Crippen LogP contribution < -0.4 is 4.90 Å². The fourth-order valence-electron chi connectivity index (χ4n) is 12.3. The highest BCUT2D eigenvalue weighted by molar-refractivity contribution is 6.16. The van der Waals surface area contributed by atoms with Crippen LogP contribution >= 0.6 is 0 Å². The number of nitrogens with zero attached hydrogens (tertiary/aromatic N) is 4. The lowest BCUT2D eigenvalue weighted by Crippen LogP contribution is -2.25. The average Bonchev–Trinajstić information content (AvgIpc) is 4.10. The lowest BCUT2D eigenvalue weighted by molar-refractivity contribution is 0.669. The number of anilines is 3. The number of rotatable bonds is 6. The van der Waals surface area contributed by atoms with Crippen molar-refractivity contribution < 1.29 is 4.42 Å². The monoisotopic (exact) mass is 928 g/mol. The summed E-state index contributed by atoms with van der Waals surface area (Å²) in [6.07, 6.45) is 0. The largest absolute Gasteiger partial charge is 0.456 e. The predicted octanol–water partition coefficient (Wildman–Crippen LogP) is 18.0. The molecule has 2 aliphatic rings. The van der Waals surface area contributed by atoms with Gasteiger partial charge >= 0.3 is 0 Å². The number of aromatic nitrogens is 2. The van der Waals surface area contributed by atoms with Crippen molar-refractivity contribution in [3.05, 3.63) is 276 Å². The highest BCUT2D eigenvalue weighted by atomic mass is 16.3.